The van der Waals surface area contributed by atoms with Crippen LogP contribution in [0.3, 0.4) is 0 Å². The van der Waals surface area contributed by atoms with Gasteiger partial charge in [-0.2, -0.15) is 5.26 Å². The summed E-state index contributed by atoms with van der Waals surface area (Å²) in [6.07, 6.45) is 0. The van der Waals surface area contributed by atoms with Gasteiger partial charge in [-0.1, -0.05) is 11.6 Å². The number of carbonyl (C=O) groups is 1. The van der Waals surface area contributed by atoms with E-state index in [9.17, 15) is 4.79 Å². The number of nitriles is 1. The number of benzene rings is 1. The van der Waals surface area contributed by atoms with Crippen LogP contribution in [0.15, 0.2) is 16.6 Å². The highest BCUT2D eigenvalue weighted by Gasteiger charge is 2.12. The van der Waals surface area contributed by atoms with E-state index in [4.69, 9.17) is 21.6 Å². The molecule has 0 saturated heterocycles. The topological polar surface area (TPSA) is 50.1 Å². The average molecular weight is 289 g/mol. The van der Waals surface area contributed by atoms with Gasteiger partial charge in [0.25, 0.3) is 0 Å². The van der Waals surface area contributed by atoms with Crippen LogP contribution in [-0.2, 0) is 4.74 Å². The van der Waals surface area contributed by atoms with Crippen molar-refractivity contribution in [1.82, 2.24) is 0 Å². The fourth-order valence-electron chi connectivity index (χ4n) is 1.01. The molecule has 1 rings (SSSR count). The summed E-state index contributed by atoms with van der Waals surface area (Å²) in [7, 11) is 0. The molecule has 0 atom stereocenters. The fourth-order valence-corrected chi connectivity index (χ4v) is 1.94. The highest BCUT2D eigenvalue weighted by Crippen LogP contribution is 2.26. The third-order valence-corrected chi connectivity index (χ3v) is 2.59. The Kier molecular flexibility index (Phi) is 4.13. The van der Waals surface area contributed by atoms with Crippen LogP contribution in [0.4, 0.5) is 0 Å². The summed E-state index contributed by atoms with van der Waals surface area (Å²) in [5, 5.41) is 8.98. The van der Waals surface area contributed by atoms with Gasteiger partial charge in [-0.25, -0.2) is 4.79 Å². The molecule has 0 unspecified atom stereocenters. The van der Waals surface area contributed by atoms with Crippen molar-refractivity contribution in [3.05, 3.63) is 32.8 Å². The predicted octanol–water partition coefficient (Wildman–Crippen LogP) is 3.15. The van der Waals surface area contributed by atoms with E-state index < -0.39 is 5.97 Å². The molecule has 3 nitrogen and oxygen atoms in total. The van der Waals surface area contributed by atoms with Crippen LogP contribution in [0, 0.1) is 11.3 Å². The Bertz CT molecular complexity index is 417. The Labute approximate surface area is 101 Å². The van der Waals surface area contributed by atoms with Gasteiger partial charge >= 0.3 is 5.97 Å². The summed E-state index contributed by atoms with van der Waals surface area (Å²) in [5.74, 6) is -0.454. The minimum absolute atomic E-state index is 0.231. The molecule has 1 aromatic carbocycles. The molecule has 0 bridgehead atoms. The van der Waals surface area contributed by atoms with Crippen LogP contribution >= 0.6 is 27.5 Å². The molecule has 0 aliphatic rings. The van der Waals surface area contributed by atoms with Gasteiger partial charge < -0.3 is 4.74 Å². The van der Waals surface area contributed by atoms with E-state index in [1.54, 1.807) is 6.92 Å². The van der Waals surface area contributed by atoms with Crippen molar-refractivity contribution < 1.29 is 9.53 Å². The van der Waals surface area contributed by atoms with Gasteiger partial charge in [-0.3, -0.25) is 0 Å². The maximum atomic E-state index is 11.4. The molecule has 1 aromatic rings. The van der Waals surface area contributed by atoms with E-state index in [-0.39, 0.29) is 5.02 Å². The van der Waals surface area contributed by atoms with Crippen molar-refractivity contribution in [2.75, 3.05) is 6.61 Å². The number of rotatable bonds is 2. The Morgan fingerprint density at radius 1 is 1.67 bits per heavy atom. The Morgan fingerprint density at radius 3 is 2.80 bits per heavy atom. The van der Waals surface area contributed by atoms with E-state index in [0.29, 0.717) is 22.2 Å². The van der Waals surface area contributed by atoms with Crippen molar-refractivity contribution in [3.63, 3.8) is 0 Å². The first-order chi connectivity index (χ1) is 7.10. The predicted molar refractivity (Wildman–Crippen MR) is 59.8 cm³/mol. The maximum absolute atomic E-state index is 11.4. The first-order valence-electron chi connectivity index (χ1n) is 4.16. The largest absolute Gasteiger partial charge is 0.462 e. The molecule has 0 aliphatic heterocycles. The summed E-state index contributed by atoms with van der Waals surface area (Å²) in [6, 6.07) is 4.87. The summed E-state index contributed by atoms with van der Waals surface area (Å²) in [4.78, 5) is 11.4. The summed E-state index contributed by atoms with van der Waals surface area (Å²) in [5.41, 5.74) is 0.637. The summed E-state index contributed by atoms with van der Waals surface area (Å²) >= 11 is 8.98. The van der Waals surface area contributed by atoms with Crippen molar-refractivity contribution in [3.8, 4) is 6.07 Å². The van der Waals surface area contributed by atoms with Crippen molar-refractivity contribution >= 4 is 33.5 Å². The van der Waals surface area contributed by atoms with E-state index in [1.165, 1.54) is 12.1 Å². The Balaban J connectivity index is 3.15. The second-order valence-electron chi connectivity index (χ2n) is 2.65. The van der Waals surface area contributed by atoms with Crippen LogP contribution in [0.25, 0.3) is 0 Å². The van der Waals surface area contributed by atoms with E-state index >= 15 is 0 Å². The number of nitrogens with zero attached hydrogens (tertiary/aromatic N) is 1. The summed E-state index contributed by atoms with van der Waals surface area (Å²) < 4.78 is 5.30. The third kappa shape index (κ3) is 2.71. The molecule has 0 saturated carbocycles. The molecule has 0 fully saturated rings. The minimum atomic E-state index is -0.454. The van der Waals surface area contributed by atoms with Crippen molar-refractivity contribution in [1.29, 1.82) is 5.26 Å². The lowest BCUT2D eigenvalue weighted by atomic mass is 10.1. The molecule has 0 spiro atoms. The molecule has 15 heavy (non-hydrogen) atoms. The van der Waals surface area contributed by atoms with E-state index in [0.717, 1.165) is 0 Å². The molecule has 0 radical (unpaired) electrons. The Morgan fingerprint density at radius 2 is 2.33 bits per heavy atom. The Hall–Kier alpha value is -1.05. The zero-order valence-corrected chi connectivity index (χ0v) is 10.2. The second-order valence-corrected chi connectivity index (χ2v) is 3.91. The molecule has 0 amide bonds. The smallest absolute Gasteiger partial charge is 0.338 e. The normalized spacial score (nSPS) is 9.47. The average Bonchev–Trinajstić information content (AvgIpc) is 2.17. The lowest BCUT2D eigenvalue weighted by Crippen LogP contribution is -2.05. The van der Waals surface area contributed by atoms with Crippen LogP contribution in [0.1, 0.15) is 22.8 Å². The molecule has 0 aliphatic carbocycles. The second kappa shape index (κ2) is 5.15. The first kappa shape index (κ1) is 12.0. The van der Waals surface area contributed by atoms with Gasteiger partial charge in [0.05, 0.1) is 22.8 Å². The molecule has 0 aromatic heterocycles. The maximum Gasteiger partial charge on any atom is 0.338 e. The number of esters is 1. The standard InChI is InChI=1S/C10H7BrClNO2/c1-2-15-10(14)6-3-8(11)7(5-13)9(12)4-6/h3-4H,2H2,1H3. The molecule has 78 valence electrons. The zero-order chi connectivity index (χ0) is 11.4. The first-order valence-corrected chi connectivity index (χ1v) is 5.33. The SMILES string of the molecule is CCOC(=O)c1cc(Cl)c(C#N)c(Br)c1. The van der Waals surface area contributed by atoms with Gasteiger partial charge in [0.1, 0.15) is 6.07 Å². The van der Waals surface area contributed by atoms with Gasteiger partial charge in [0.2, 0.25) is 0 Å². The van der Waals surface area contributed by atoms with Gasteiger partial charge in [0.15, 0.2) is 0 Å². The van der Waals surface area contributed by atoms with Crippen molar-refractivity contribution in [2.24, 2.45) is 0 Å². The van der Waals surface area contributed by atoms with Crippen LogP contribution in [0.5, 0.6) is 0 Å². The van der Waals surface area contributed by atoms with Crippen molar-refractivity contribution in [2.45, 2.75) is 6.92 Å². The van der Waals surface area contributed by atoms with Crippen LogP contribution < -0.4 is 0 Å². The van der Waals surface area contributed by atoms with E-state index in [1.807, 2.05) is 6.07 Å². The number of halogens is 2. The van der Waals surface area contributed by atoms with Crippen LogP contribution in [0.2, 0.25) is 5.02 Å². The molecule has 5 heteroatoms. The number of carbonyl (C=O) groups excluding carboxylic acids is 1. The van der Waals surface area contributed by atoms with Gasteiger partial charge in [0, 0.05) is 4.47 Å². The fraction of sp³-hybridized carbons (Fsp3) is 0.200. The highest BCUT2D eigenvalue weighted by atomic mass is 79.9. The van der Waals surface area contributed by atoms with Gasteiger partial charge in [-0.15, -0.1) is 0 Å². The highest BCUT2D eigenvalue weighted by molar-refractivity contribution is 9.10. The van der Waals surface area contributed by atoms with Gasteiger partial charge in [-0.05, 0) is 35.0 Å². The third-order valence-electron chi connectivity index (χ3n) is 1.67. The minimum Gasteiger partial charge on any atom is -0.462 e. The zero-order valence-electron chi connectivity index (χ0n) is 7.88. The lowest BCUT2D eigenvalue weighted by Gasteiger charge is -2.04. The molecular weight excluding hydrogens is 281 g/mol. The number of ether oxygens (including phenoxy) is 1. The lowest BCUT2D eigenvalue weighted by molar-refractivity contribution is 0.0526. The number of hydrogen-bond acceptors (Lipinski definition) is 3. The molecule has 0 N–H and O–H groups in total. The monoisotopic (exact) mass is 287 g/mol. The molecule has 0 heterocycles. The number of hydrogen-bond donors (Lipinski definition) is 0. The molecular formula is C10H7BrClNO2. The summed E-state index contributed by atoms with van der Waals surface area (Å²) in [6.45, 7) is 2.02. The quantitative estimate of drug-likeness (QED) is 0.786. The van der Waals surface area contributed by atoms with Crippen LogP contribution in [-0.4, -0.2) is 12.6 Å². The van der Waals surface area contributed by atoms with E-state index in [2.05, 4.69) is 15.9 Å².